The summed E-state index contributed by atoms with van der Waals surface area (Å²) in [7, 11) is 0. The molecule has 0 unspecified atom stereocenters. The Morgan fingerprint density at radius 2 is 1.50 bits per heavy atom. The minimum atomic E-state index is 1.08. The van der Waals surface area contributed by atoms with E-state index in [1.165, 1.54) is 63.9 Å². The molecule has 0 saturated carbocycles. The van der Waals surface area contributed by atoms with Crippen LogP contribution in [0.5, 0.6) is 0 Å². The van der Waals surface area contributed by atoms with Crippen LogP contribution in [0.4, 0.5) is 0 Å². The summed E-state index contributed by atoms with van der Waals surface area (Å²) in [6.45, 7) is 0. The van der Waals surface area contributed by atoms with E-state index in [-0.39, 0.29) is 0 Å². The Morgan fingerprint density at radius 3 is 2.46 bits per heavy atom. The Labute approximate surface area is 142 Å². The molecule has 1 aliphatic carbocycles. The average Bonchev–Trinajstić information content (AvgIpc) is 2.67. The molecular formula is C23H19N. The van der Waals surface area contributed by atoms with E-state index in [1.54, 1.807) is 0 Å². The minimum absolute atomic E-state index is 1.08. The van der Waals surface area contributed by atoms with E-state index in [2.05, 4.69) is 60.7 Å². The summed E-state index contributed by atoms with van der Waals surface area (Å²) >= 11 is 0. The Bertz CT molecular complexity index is 1060. The molecule has 0 amide bonds. The van der Waals surface area contributed by atoms with Gasteiger partial charge in [0.25, 0.3) is 0 Å². The maximum atomic E-state index is 4.73. The molecule has 3 aromatic carbocycles. The van der Waals surface area contributed by atoms with Gasteiger partial charge in [-0.25, -0.2) is 0 Å². The molecule has 4 aromatic rings. The second-order valence-corrected chi connectivity index (χ2v) is 6.77. The van der Waals surface area contributed by atoms with Gasteiger partial charge in [0.2, 0.25) is 0 Å². The molecule has 1 nitrogen and oxygen atoms in total. The van der Waals surface area contributed by atoms with Crippen LogP contribution in [-0.4, -0.2) is 4.98 Å². The molecule has 5 rings (SSSR count). The van der Waals surface area contributed by atoms with Gasteiger partial charge in [-0.15, -0.1) is 0 Å². The fourth-order valence-electron chi connectivity index (χ4n) is 3.95. The lowest BCUT2D eigenvalue weighted by Crippen LogP contribution is -2.02. The Kier molecular flexibility index (Phi) is 3.12. The summed E-state index contributed by atoms with van der Waals surface area (Å²) in [4.78, 5) is 4.73. The monoisotopic (exact) mass is 309 g/mol. The van der Waals surface area contributed by atoms with E-state index in [1.807, 2.05) is 6.20 Å². The highest BCUT2D eigenvalue weighted by Gasteiger charge is 2.11. The lowest BCUT2D eigenvalue weighted by atomic mass is 9.89. The van der Waals surface area contributed by atoms with E-state index >= 15 is 0 Å². The van der Waals surface area contributed by atoms with Crippen molar-refractivity contribution in [3.8, 4) is 11.3 Å². The van der Waals surface area contributed by atoms with Crippen LogP contribution in [0.2, 0.25) is 0 Å². The number of pyridine rings is 1. The van der Waals surface area contributed by atoms with Crippen LogP contribution in [0.25, 0.3) is 32.8 Å². The van der Waals surface area contributed by atoms with Crippen molar-refractivity contribution in [2.24, 2.45) is 0 Å². The van der Waals surface area contributed by atoms with E-state index in [4.69, 9.17) is 4.98 Å². The van der Waals surface area contributed by atoms with Crippen molar-refractivity contribution in [2.75, 3.05) is 0 Å². The van der Waals surface area contributed by atoms with Crippen molar-refractivity contribution in [3.05, 3.63) is 78.0 Å². The third-order valence-corrected chi connectivity index (χ3v) is 5.27. The summed E-state index contributed by atoms with van der Waals surface area (Å²) in [6, 6.07) is 22.1. The number of rotatable bonds is 1. The van der Waals surface area contributed by atoms with Crippen LogP contribution in [0, 0.1) is 0 Å². The highest BCUT2D eigenvalue weighted by Crippen LogP contribution is 2.30. The predicted molar refractivity (Wildman–Crippen MR) is 101 cm³/mol. The fraction of sp³-hybridized carbons (Fsp3) is 0.174. The first kappa shape index (κ1) is 13.7. The second kappa shape index (κ2) is 5.45. The fourth-order valence-corrected chi connectivity index (χ4v) is 3.95. The number of hydrogen-bond donors (Lipinski definition) is 0. The van der Waals surface area contributed by atoms with Crippen molar-refractivity contribution in [1.82, 2.24) is 4.98 Å². The van der Waals surface area contributed by atoms with Crippen LogP contribution in [0.15, 0.2) is 66.9 Å². The smallest absolute Gasteiger partial charge is 0.0708 e. The first-order valence-electron chi connectivity index (χ1n) is 8.78. The van der Waals surface area contributed by atoms with Crippen LogP contribution in [0.1, 0.15) is 24.0 Å². The molecule has 0 radical (unpaired) electrons. The highest BCUT2D eigenvalue weighted by atomic mass is 14.7. The zero-order valence-corrected chi connectivity index (χ0v) is 13.6. The molecule has 0 fully saturated rings. The molecule has 0 spiro atoms. The van der Waals surface area contributed by atoms with Crippen LogP contribution in [0.3, 0.4) is 0 Å². The van der Waals surface area contributed by atoms with E-state index in [0.29, 0.717) is 0 Å². The third kappa shape index (κ3) is 2.20. The SMILES string of the molecule is c1ccc2c(c1)ccc1cnc(-c3ccc4c(c3)CCCC4)cc12. The van der Waals surface area contributed by atoms with Gasteiger partial charge >= 0.3 is 0 Å². The van der Waals surface area contributed by atoms with Crippen molar-refractivity contribution in [2.45, 2.75) is 25.7 Å². The normalized spacial score (nSPS) is 14.0. The molecule has 0 saturated heterocycles. The summed E-state index contributed by atoms with van der Waals surface area (Å²) < 4.78 is 0. The van der Waals surface area contributed by atoms with Gasteiger partial charge in [-0.1, -0.05) is 48.5 Å². The van der Waals surface area contributed by atoms with E-state index in [9.17, 15) is 0 Å². The third-order valence-electron chi connectivity index (χ3n) is 5.27. The molecule has 116 valence electrons. The first-order valence-corrected chi connectivity index (χ1v) is 8.78. The zero-order chi connectivity index (χ0) is 15.9. The summed E-state index contributed by atoms with van der Waals surface area (Å²) in [6.07, 6.45) is 7.08. The van der Waals surface area contributed by atoms with Gasteiger partial charge in [0.05, 0.1) is 5.69 Å². The molecule has 1 aliphatic rings. The first-order chi connectivity index (χ1) is 11.9. The second-order valence-electron chi connectivity index (χ2n) is 6.77. The Morgan fingerprint density at radius 1 is 0.667 bits per heavy atom. The molecule has 1 heteroatoms. The highest BCUT2D eigenvalue weighted by molar-refractivity contribution is 6.08. The van der Waals surface area contributed by atoms with Gasteiger partial charge in [-0.3, -0.25) is 4.98 Å². The standard InChI is InChI=1S/C23H19N/c1-2-7-18-13-19(11-9-16(18)5-1)23-14-22-20(15-24-23)12-10-17-6-3-4-8-21(17)22/h3-4,6,8-15H,1-2,5,7H2. The average molecular weight is 309 g/mol. The molecule has 1 aromatic heterocycles. The number of aromatic nitrogens is 1. The topological polar surface area (TPSA) is 12.9 Å². The Hall–Kier alpha value is -2.67. The summed E-state index contributed by atoms with van der Waals surface area (Å²) in [5, 5.41) is 5.08. The quantitative estimate of drug-likeness (QED) is 0.397. The van der Waals surface area contributed by atoms with Gasteiger partial charge in [0, 0.05) is 17.1 Å². The van der Waals surface area contributed by atoms with Gasteiger partial charge in [-0.05, 0) is 65.1 Å². The number of aryl methyl sites for hydroxylation is 2. The predicted octanol–water partition coefficient (Wildman–Crippen LogP) is 5.93. The summed E-state index contributed by atoms with van der Waals surface area (Å²) in [5.41, 5.74) is 5.35. The molecule has 1 heterocycles. The lowest BCUT2D eigenvalue weighted by molar-refractivity contribution is 0.686. The number of nitrogens with zero attached hydrogens (tertiary/aromatic N) is 1. The number of fused-ring (bicyclic) bond motifs is 4. The molecule has 0 N–H and O–H groups in total. The zero-order valence-electron chi connectivity index (χ0n) is 13.6. The Balaban J connectivity index is 1.71. The summed E-state index contributed by atoms with van der Waals surface area (Å²) in [5.74, 6) is 0. The minimum Gasteiger partial charge on any atom is -0.256 e. The molecule has 0 aliphatic heterocycles. The van der Waals surface area contributed by atoms with E-state index < -0.39 is 0 Å². The van der Waals surface area contributed by atoms with Crippen molar-refractivity contribution < 1.29 is 0 Å². The van der Waals surface area contributed by atoms with Crippen LogP contribution in [-0.2, 0) is 12.8 Å². The van der Waals surface area contributed by atoms with Gasteiger partial charge < -0.3 is 0 Å². The number of hydrogen-bond acceptors (Lipinski definition) is 1. The molecule has 24 heavy (non-hydrogen) atoms. The molecule has 0 bridgehead atoms. The molecular weight excluding hydrogens is 290 g/mol. The number of benzene rings is 3. The van der Waals surface area contributed by atoms with Gasteiger partial charge in [-0.2, -0.15) is 0 Å². The lowest BCUT2D eigenvalue weighted by Gasteiger charge is -2.16. The largest absolute Gasteiger partial charge is 0.256 e. The van der Waals surface area contributed by atoms with Crippen molar-refractivity contribution in [3.63, 3.8) is 0 Å². The van der Waals surface area contributed by atoms with Crippen molar-refractivity contribution >= 4 is 21.5 Å². The maximum absolute atomic E-state index is 4.73. The molecule has 0 atom stereocenters. The van der Waals surface area contributed by atoms with E-state index in [0.717, 1.165) is 5.69 Å². The van der Waals surface area contributed by atoms with Crippen molar-refractivity contribution in [1.29, 1.82) is 0 Å². The maximum Gasteiger partial charge on any atom is 0.0708 e. The van der Waals surface area contributed by atoms with Gasteiger partial charge in [0.1, 0.15) is 0 Å². The van der Waals surface area contributed by atoms with Gasteiger partial charge in [0.15, 0.2) is 0 Å². The van der Waals surface area contributed by atoms with Crippen LogP contribution < -0.4 is 0 Å². The van der Waals surface area contributed by atoms with Crippen LogP contribution >= 0.6 is 0 Å².